The van der Waals surface area contributed by atoms with Crippen LogP contribution in [0.4, 0.5) is 0 Å². The molecule has 8 heteroatoms. The second kappa shape index (κ2) is 10.4. The number of hydrogen-bond acceptors (Lipinski definition) is 6. The molecule has 3 aromatic rings. The second-order valence-corrected chi connectivity index (χ2v) is 7.33. The lowest BCUT2D eigenvalue weighted by atomic mass is 10.1. The van der Waals surface area contributed by atoms with E-state index in [-0.39, 0.29) is 37.3 Å². The molecule has 1 aliphatic heterocycles. The van der Waals surface area contributed by atoms with Gasteiger partial charge in [-0.15, -0.1) is 0 Å². The summed E-state index contributed by atoms with van der Waals surface area (Å²) in [5.41, 5.74) is 2.30. The van der Waals surface area contributed by atoms with Crippen LogP contribution in [0.1, 0.15) is 28.0 Å². The lowest BCUT2D eigenvalue weighted by Gasteiger charge is -2.22. The van der Waals surface area contributed by atoms with Crippen molar-refractivity contribution in [3.63, 3.8) is 0 Å². The molecule has 32 heavy (non-hydrogen) atoms. The summed E-state index contributed by atoms with van der Waals surface area (Å²) in [4.78, 5) is 35.1. The van der Waals surface area contributed by atoms with Gasteiger partial charge in [0.2, 0.25) is 12.7 Å². The third kappa shape index (κ3) is 5.60. The van der Waals surface area contributed by atoms with Gasteiger partial charge in [-0.2, -0.15) is 0 Å². The molecule has 8 nitrogen and oxygen atoms in total. The van der Waals surface area contributed by atoms with Crippen molar-refractivity contribution in [1.29, 1.82) is 0 Å². The van der Waals surface area contributed by atoms with E-state index in [4.69, 9.17) is 9.47 Å². The van der Waals surface area contributed by atoms with Crippen LogP contribution >= 0.6 is 0 Å². The molecule has 1 N–H and O–H groups in total. The lowest BCUT2D eigenvalue weighted by molar-refractivity contribution is -0.121. The predicted octanol–water partition coefficient (Wildman–Crippen LogP) is 2.60. The van der Waals surface area contributed by atoms with Crippen LogP contribution in [0.2, 0.25) is 0 Å². The maximum Gasteiger partial charge on any atom is 0.274 e. The van der Waals surface area contributed by atoms with Crippen molar-refractivity contribution in [2.24, 2.45) is 0 Å². The summed E-state index contributed by atoms with van der Waals surface area (Å²) in [7, 11) is 0. The summed E-state index contributed by atoms with van der Waals surface area (Å²) in [6.45, 7) is 1.35. The van der Waals surface area contributed by atoms with Crippen LogP contribution in [-0.2, 0) is 17.8 Å². The monoisotopic (exact) mass is 432 g/mol. The zero-order chi connectivity index (χ0) is 22.2. The number of carbonyl (C=O) groups is 2. The molecular formula is C24H24N4O4. The Hall–Kier alpha value is -3.94. The molecule has 0 bridgehead atoms. The van der Waals surface area contributed by atoms with E-state index in [2.05, 4.69) is 15.3 Å². The normalized spacial score (nSPS) is 11.8. The lowest BCUT2D eigenvalue weighted by Crippen LogP contribution is -2.37. The Labute approximate surface area is 186 Å². The Balaban J connectivity index is 1.33. The van der Waals surface area contributed by atoms with E-state index < -0.39 is 0 Å². The highest BCUT2D eigenvalue weighted by molar-refractivity contribution is 5.92. The largest absolute Gasteiger partial charge is 0.454 e. The molecule has 0 saturated carbocycles. The Morgan fingerprint density at radius 2 is 1.81 bits per heavy atom. The number of aromatic nitrogens is 2. The van der Waals surface area contributed by atoms with Crippen molar-refractivity contribution < 1.29 is 19.1 Å². The van der Waals surface area contributed by atoms with E-state index in [0.29, 0.717) is 31.0 Å². The van der Waals surface area contributed by atoms with Gasteiger partial charge in [0.25, 0.3) is 5.91 Å². The summed E-state index contributed by atoms with van der Waals surface area (Å²) in [6.07, 6.45) is 5.32. The van der Waals surface area contributed by atoms with Gasteiger partial charge in [-0.3, -0.25) is 14.6 Å². The fourth-order valence-corrected chi connectivity index (χ4v) is 3.37. The number of rotatable bonds is 9. The third-order valence-corrected chi connectivity index (χ3v) is 5.12. The predicted molar refractivity (Wildman–Crippen MR) is 117 cm³/mol. The van der Waals surface area contributed by atoms with Gasteiger partial charge in [-0.1, -0.05) is 36.4 Å². The molecule has 0 radical (unpaired) electrons. The Morgan fingerprint density at radius 1 is 0.969 bits per heavy atom. The first-order valence-corrected chi connectivity index (χ1v) is 10.4. The minimum absolute atomic E-state index is 0.140. The first-order valence-electron chi connectivity index (χ1n) is 10.4. The smallest absolute Gasteiger partial charge is 0.274 e. The Morgan fingerprint density at radius 3 is 2.62 bits per heavy atom. The van der Waals surface area contributed by atoms with Crippen LogP contribution in [0, 0.1) is 0 Å². The van der Waals surface area contributed by atoms with Gasteiger partial charge in [-0.05, 0) is 29.7 Å². The van der Waals surface area contributed by atoms with E-state index >= 15 is 0 Å². The van der Waals surface area contributed by atoms with Gasteiger partial charge in [0.05, 0.1) is 6.20 Å². The van der Waals surface area contributed by atoms with Crippen LogP contribution < -0.4 is 14.8 Å². The van der Waals surface area contributed by atoms with E-state index in [1.165, 1.54) is 18.6 Å². The molecule has 2 amide bonds. The van der Waals surface area contributed by atoms with Crippen LogP contribution in [0.15, 0.2) is 67.1 Å². The minimum atomic E-state index is -0.238. The summed E-state index contributed by atoms with van der Waals surface area (Å²) in [5, 5.41) is 2.90. The van der Waals surface area contributed by atoms with E-state index in [9.17, 15) is 9.59 Å². The average molecular weight is 432 g/mol. The molecule has 2 aromatic carbocycles. The van der Waals surface area contributed by atoms with E-state index in [0.717, 1.165) is 11.1 Å². The van der Waals surface area contributed by atoms with Crippen LogP contribution in [0.25, 0.3) is 0 Å². The zero-order valence-corrected chi connectivity index (χ0v) is 17.6. The van der Waals surface area contributed by atoms with Gasteiger partial charge < -0.3 is 19.7 Å². The minimum Gasteiger partial charge on any atom is -0.454 e. The Bertz CT molecular complexity index is 1060. The van der Waals surface area contributed by atoms with E-state index in [1.807, 2.05) is 48.5 Å². The fraction of sp³-hybridized carbons (Fsp3) is 0.250. The quantitative estimate of drug-likeness (QED) is 0.559. The van der Waals surface area contributed by atoms with E-state index in [1.54, 1.807) is 4.90 Å². The standard InChI is InChI=1S/C24H24N4O4/c29-23(27-15-19-6-7-21-22(14-19)32-17-31-21)9-13-28(12-8-18-4-2-1-3-5-18)24(30)20-16-25-10-11-26-20/h1-7,10-11,14,16H,8-9,12-13,15,17H2,(H,27,29). The third-order valence-electron chi connectivity index (χ3n) is 5.12. The summed E-state index contributed by atoms with van der Waals surface area (Å²) < 4.78 is 10.7. The molecule has 0 spiro atoms. The van der Waals surface area contributed by atoms with Gasteiger partial charge in [0, 0.05) is 38.4 Å². The number of hydrogen-bond donors (Lipinski definition) is 1. The number of amides is 2. The number of benzene rings is 2. The number of ether oxygens (including phenoxy) is 2. The first-order chi connectivity index (χ1) is 15.7. The second-order valence-electron chi connectivity index (χ2n) is 7.33. The molecule has 0 atom stereocenters. The summed E-state index contributed by atoms with van der Waals surface area (Å²) in [6, 6.07) is 15.5. The topological polar surface area (TPSA) is 93.7 Å². The summed E-state index contributed by atoms with van der Waals surface area (Å²) in [5.74, 6) is 1.01. The first kappa shape index (κ1) is 21.3. The Kier molecular flexibility index (Phi) is 6.91. The van der Waals surface area contributed by atoms with Crippen molar-refractivity contribution in [1.82, 2.24) is 20.2 Å². The molecule has 0 fully saturated rings. The number of nitrogens with one attached hydrogen (secondary N) is 1. The van der Waals surface area contributed by atoms with Crippen LogP contribution in [-0.4, -0.2) is 46.6 Å². The van der Waals surface area contributed by atoms with Gasteiger partial charge in [0.15, 0.2) is 11.5 Å². The molecule has 0 saturated heterocycles. The highest BCUT2D eigenvalue weighted by atomic mass is 16.7. The van der Waals surface area contributed by atoms with Crippen molar-refractivity contribution in [2.45, 2.75) is 19.4 Å². The summed E-state index contributed by atoms with van der Waals surface area (Å²) >= 11 is 0. The average Bonchev–Trinajstić information content (AvgIpc) is 3.31. The van der Waals surface area contributed by atoms with Crippen molar-refractivity contribution in [3.8, 4) is 11.5 Å². The molecule has 1 aliphatic rings. The zero-order valence-electron chi connectivity index (χ0n) is 17.6. The van der Waals surface area contributed by atoms with Gasteiger partial charge >= 0.3 is 0 Å². The van der Waals surface area contributed by atoms with Gasteiger partial charge in [-0.25, -0.2) is 4.98 Å². The molecule has 0 unspecified atom stereocenters. The molecule has 0 aliphatic carbocycles. The molecule has 2 heterocycles. The van der Waals surface area contributed by atoms with Crippen molar-refractivity contribution >= 4 is 11.8 Å². The number of fused-ring (bicyclic) bond motifs is 1. The molecular weight excluding hydrogens is 408 g/mol. The molecule has 4 rings (SSSR count). The maximum atomic E-state index is 12.9. The molecule has 164 valence electrons. The fourth-order valence-electron chi connectivity index (χ4n) is 3.37. The maximum absolute atomic E-state index is 12.9. The number of carbonyl (C=O) groups excluding carboxylic acids is 2. The SMILES string of the molecule is O=C(CCN(CCc1ccccc1)C(=O)c1cnccn1)NCc1ccc2c(c1)OCO2. The van der Waals surface area contributed by atoms with Crippen LogP contribution in [0.5, 0.6) is 11.5 Å². The highest BCUT2D eigenvalue weighted by Gasteiger charge is 2.19. The van der Waals surface area contributed by atoms with Crippen molar-refractivity contribution in [3.05, 3.63) is 83.9 Å². The number of nitrogens with zero attached hydrogens (tertiary/aromatic N) is 3. The van der Waals surface area contributed by atoms with Gasteiger partial charge in [0.1, 0.15) is 5.69 Å². The van der Waals surface area contributed by atoms with Crippen LogP contribution in [0.3, 0.4) is 0 Å². The highest BCUT2D eigenvalue weighted by Crippen LogP contribution is 2.32. The molecule has 1 aromatic heterocycles. The van der Waals surface area contributed by atoms with Crippen molar-refractivity contribution in [2.75, 3.05) is 19.9 Å².